The summed E-state index contributed by atoms with van der Waals surface area (Å²) in [6, 6.07) is 9.08. The van der Waals surface area contributed by atoms with Crippen molar-refractivity contribution in [1.82, 2.24) is 9.55 Å². The summed E-state index contributed by atoms with van der Waals surface area (Å²) in [4.78, 5) is 27.5. The van der Waals surface area contributed by atoms with Gasteiger partial charge < -0.3 is 14.3 Å². The lowest BCUT2D eigenvalue weighted by Gasteiger charge is -2.11. The van der Waals surface area contributed by atoms with Gasteiger partial charge in [0, 0.05) is 39.7 Å². The fourth-order valence-corrected chi connectivity index (χ4v) is 3.08. The summed E-state index contributed by atoms with van der Waals surface area (Å²) >= 11 is 0. The molecule has 3 aromatic rings. The number of rotatable bonds is 3. The highest BCUT2D eigenvalue weighted by Crippen LogP contribution is 2.23. The average molecular weight is 324 g/mol. The molecule has 1 N–H and O–H groups in total. The molecule has 0 spiro atoms. The van der Waals surface area contributed by atoms with Gasteiger partial charge in [-0.2, -0.15) is 0 Å². The number of hydrogen-bond acceptors (Lipinski definition) is 3. The number of aromatic nitrogens is 2. The highest BCUT2D eigenvalue weighted by atomic mass is 16.5. The van der Waals surface area contributed by atoms with Crippen molar-refractivity contribution in [2.24, 2.45) is 0 Å². The van der Waals surface area contributed by atoms with Gasteiger partial charge in [-0.25, -0.2) is 4.79 Å². The van der Waals surface area contributed by atoms with Gasteiger partial charge in [0.2, 0.25) is 0 Å². The van der Waals surface area contributed by atoms with E-state index in [4.69, 9.17) is 4.74 Å². The lowest BCUT2D eigenvalue weighted by molar-refractivity contribution is 0.0525. The second kappa shape index (κ2) is 6.00. The van der Waals surface area contributed by atoms with Gasteiger partial charge in [-0.15, -0.1) is 0 Å². The zero-order chi connectivity index (χ0) is 17.4. The van der Waals surface area contributed by atoms with Crippen molar-refractivity contribution < 1.29 is 9.53 Å². The molecule has 0 saturated heterocycles. The van der Waals surface area contributed by atoms with Crippen LogP contribution in [0.4, 0.5) is 0 Å². The molecular formula is C19H20N2O3. The molecule has 0 atom stereocenters. The van der Waals surface area contributed by atoms with Crippen molar-refractivity contribution in [3.05, 3.63) is 63.2 Å². The van der Waals surface area contributed by atoms with Crippen molar-refractivity contribution in [2.45, 2.75) is 27.7 Å². The number of aromatic amines is 1. The van der Waals surface area contributed by atoms with Crippen LogP contribution in [0.25, 0.3) is 16.6 Å². The minimum Gasteiger partial charge on any atom is -0.462 e. The fraction of sp³-hybridized carbons (Fsp3) is 0.263. The Hall–Kier alpha value is -2.82. The number of ether oxygens (including phenoxy) is 1. The van der Waals surface area contributed by atoms with E-state index in [2.05, 4.69) is 4.98 Å². The number of carbonyl (C=O) groups is 1. The molecule has 0 saturated carbocycles. The number of nitrogens with one attached hydrogen (secondary N) is 1. The van der Waals surface area contributed by atoms with Crippen LogP contribution in [-0.4, -0.2) is 22.1 Å². The quantitative estimate of drug-likeness (QED) is 0.751. The van der Waals surface area contributed by atoms with Crippen LogP contribution in [-0.2, 0) is 4.74 Å². The number of hydrogen-bond donors (Lipinski definition) is 1. The van der Waals surface area contributed by atoms with Crippen LogP contribution in [0.5, 0.6) is 0 Å². The number of pyridine rings is 1. The monoisotopic (exact) mass is 324 g/mol. The average Bonchev–Trinajstić information content (AvgIpc) is 2.82. The predicted molar refractivity (Wildman–Crippen MR) is 94.1 cm³/mol. The zero-order valence-electron chi connectivity index (χ0n) is 14.3. The van der Waals surface area contributed by atoms with Crippen molar-refractivity contribution in [3.63, 3.8) is 0 Å². The van der Waals surface area contributed by atoms with Crippen LogP contribution in [0.15, 0.2) is 35.1 Å². The van der Waals surface area contributed by atoms with Crippen LogP contribution in [0.3, 0.4) is 0 Å². The van der Waals surface area contributed by atoms with Gasteiger partial charge in [-0.1, -0.05) is 0 Å². The Labute approximate surface area is 139 Å². The minimum atomic E-state index is -0.328. The summed E-state index contributed by atoms with van der Waals surface area (Å²) in [7, 11) is 0. The first kappa shape index (κ1) is 16.1. The molecule has 5 nitrogen and oxygen atoms in total. The molecule has 0 bridgehead atoms. The van der Waals surface area contributed by atoms with Crippen LogP contribution < -0.4 is 5.43 Å². The van der Waals surface area contributed by atoms with E-state index in [1.54, 1.807) is 13.0 Å². The first-order valence-corrected chi connectivity index (χ1v) is 7.92. The van der Waals surface area contributed by atoms with E-state index in [1.807, 2.05) is 49.6 Å². The van der Waals surface area contributed by atoms with Gasteiger partial charge in [-0.3, -0.25) is 4.79 Å². The summed E-state index contributed by atoms with van der Waals surface area (Å²) in [6.07, 6.45) is 0. The van der Waals surface area contributed by atoms with E-state index in [0.717, 1.165) is 28.3 Å². The number of H-pyrrole nitrogens is 1. The Morgan fingerprint density at radius 2 is 1.92 bits per heavy atom. The number of nitrogens with zero attached hydrogens (tertiary/aromatic N) is 1. The lowest BCUT2D eigenvalue weighted by Crippen LogP contribution is -2.08. The van der Waals surface area contributed by atoms with E-state index in [9.17, 15) is 9.59 Å². The second-order valence-corrected chi connectivity index (χ2v) is 5.89. The standard InChI is InChI=1S/C19H20N2O3/c1-5-24-19(23)15-9-12(3)21(13(15)4)14-6-7-17-16(10-14)18(22)8-11(2)20-17/h6-10H,5H2,1-4H3,(H,20,22). The van der Waals surface area contributed by atoms with Gasteiger partial charge in [0.25, 0.3) is 0 Å². The predicted octanol–water partition coefficient (Wildman–Crippen LogP) is 3.42. The molecule has 0 unspecified atom stereocenters. The van der Waals surface area contributed by atoms with Crippen molar-refractivity contribution >= 4 is 16.9 Å². The van der Waals surface area contributed by atoms with E-state index in [1.165, 1.54) is 0 Å². The topological polar surface area (TPSA) is 64.1 Å². The summed E-state index contributed by atoms with van der Waals surface area (Å²) < 4.78 is 7.07. The van der Waals surface area contributed by atoms with Gasteiger partial charge in [0.15, 0.2) is 5.43 Å². The molecular weight excluding hydrogens is 304 g/mol. The third-order valence-electron chi connectivity index (χ3n) is 4.13. The first-order chi connectivity index (χ1) is 11.4. The van der Waals surface area contributed by atoms with Crippen LogP contribution in [0, 0.1) is 20.8 Å². The highest BCUT2D eigenvalue weighted by molar-refractivity contribution is 5.91. The Balaban J connectivity index is 2.18. The van der Waals surface area contributed by atoms with E-state index >= 15 is 0 Å². The molecule has 2 aromatic heterocycles. The maximum atomic E-state index is 12.2. The molecule has 0 aliphatic carbocycles. The smallest absolute Gasteiger partial charge is 0.339 e. The summed E-state index contributed by atoms with van der Waals surface area (Å²) in [5.74, 6) is -0.328. The Morgan fingerprint density at radius 3 is 2.62 bits per heavy atom. The minimum absolute atomic E-state index is 0.0174. The Kier molecular flexibility index (Phi) is 4.01. The summed E-state index contributed by atoms with van der Waals surface area (Å²) in [5.41, 5.74) is 4.73. The SMILES string of the molecule is CCOC(=O)c1cc(C)n(-c2ccc3[nH]c(C)cc(=O)c3c2)c1C. The number of benzene rings is 1. The third kappa shape index (κ3) is 2.62. The number of aryl methyl sites for hydroxylation is 2. The largest absolute Gasteiger partial charge is 0.462 e. The maximum absolute atomic E-state index is 12.2. The molecule has 0 amide bonds. The molecule has 124 valence electrons. The molecule has 1 aromatic carbocycles. The van der Waals surface area contributed by atoms with Crippen LogP contribution in [0.1, 0.15) is 34.4 Å². The van der Waals surface area contributed by atoms with Gasteiger partial charge >= 0.3 is 5.97 Å². The highest BCUT2D eigenvalue weighted by Gasteiger charge is 2.17. The van der Waals surface area contributed by atoms with Gasteiger partial charge in [-0.05, 0) is 52.0 Å². The third-order valence-corrected chi connectivity index (χ3v) is 4.13. The van der Waals surface area contributed by atoms with Crippen molar-refractivity contribution in [2.75, 3.05) is 6.61 Å². The Bertz CT molecular complexity index is 996. The Morgan fingerprint density at radius 1 is 1.17 bits per heavy atom. The van der Waals surface area contributed by atoms with E-state index in [0.29, 0.717) is 17.6 Å². The molecule has 0 radical (unpaired) electrons. The number of esters is 1. The fourth-order valence-electron chi connectivity index (χ4n) is 3.08. The summed E-state index contributed by atoms with van der Waals surface area (Å²) in [5, 5.41) is 0.628. The lowest BCUT2D eigenvalue weighted by atomic mass is 10.1. The van der Waals surface area contributed by atoms with Crippen LogP contribution >= 0.6 is 0 Å². The molecule has 0 aliphatic heterocycles. The molecule has 5 heteroatoms. The molecule has 24 heavy (non-hydrogen) atoms. The number of carbonyl (C=O) groups excluding carboxylic acids is 1. The maximum Gasteiger partial charge on any atom is 0.339 e. The molecule has 2 heterocycles. The van der Waals surface area contributed by atoms with Gasteiger partial charge in [0.1, 0.15) is 0 Å². The van der Waals surface area contributed by atoms with Crippen molar-refractivity contribution in [3.8, 4) is 5.69 Å². The van der Waals surface area contributed by atoms with Crippen LogP contribution in [0.2, 0.25) is 0 Å². The number of fused-ring (bicyclic) bond motifs is 1. The van der Waals surface area contributed by atoms with E-state index < -0.39 is 0 Å². The van der Waals surface area contributed by atoms with Crippen molar-refractivity contribution in [1.29, 1.82) is 0 Å². The second-order valence-electron chi connectivity index (χ2n) is 5.89. The normalized spacial score (nSPS) is 11.0. The molecule has 3 rings (SSSR count). The van der Waals surface area contributed by atoms with Gasteiger partial charge in [0.05, 0.1) is 12.2 Å². The van der Waals surface area contributed by atoms with E-state index in [-0.39, 0.29) is 11.4 Å². The summed E-state index contributed by atoms with van der Waals surface area (Å²) in [6.45, 7) is 7.80. The molecule has 0 aliphatic rings. The first-order valence-electron chi connectivity index (χ1n) is 7.92. The molecule has 0 fully saturated rings. The zero-order valence-corrected chi connectivity index (χ0v) is 14.3.